The number of rotatable bonds is 15. The second kappa shape index (κ2) is 14.5. The lowest BCUT2D eigenvalue weighted by Crippen LogP contribution is -2.07. The van der Waals surface area contributed by atoms with Crippen LogP contribution >= 0.6 is 11.6 Å². The SMILES string of the molecule is O=C(O)CCCc1cn(CC(=O)O)c2c(/C=C/c3ccc(OCCCCOc4c(F)ccc(F)c4Cl)cc3)cccc12. The second-order valence-electron chi connectivity index (χ2n) is 9.65. The van der Waals surface area contributed by atoms with E-state index >= 15 is 0 Å². The predicted octanol–water partition coefficient (Wildman–Crippen LogP) is 7.47. The van der Waals surface area contributed by atoms with Crippen molar-refractivity contribution in [1.82, 2.24) is 4.57 Å². The Kier molecular flexibility index (Phi) is 10.6. The molecule has 0 saturated carbocycles. The topological polar surface area (TPSA) is 98.0 Å². The average Bonchev–Trinajstić information content (AvgIpc) is 3.30. The molecule has 4 aromatic rings. The molecule has 10 heteroatoms. The molecule has 4 rings (SSSR count). The van der Waals surface area contributed by atoms with Gasteiger partial charge in [0.1, 0.15) is 23.1 Å². The summed E-state index contributed by atoms with van der Waals surface area (Å²) in [7, 11) is 0. The Hall–Kier alpha value is -4.37. The first-order chi connectivity index (χ1) is 20.2. The van der Waals surface area contributed by atoms with E-state index in [2.05, 4.69) is 0 Å². The van der Waals surface area contributed by atoms with Gasteiger partial charge in [0.15, 0.2) is 11.6 Å². The van der Waals surface area contributed by atoms with E-state index in [0.717, 1.165) is 39.7 Å². The van der Waals surface area contributed by atoms with Crippen LogP contribution in [0.2, 0.25) is 5.02 Å². The van der Waals surface area contributed by atoms with Gasteiger partial charge >= 0.3 is 11.9 Å². The summed E-state index contributed by atoms with van der Waals surface area (Å²) in [5.74, 6) is -2.88. The molecule has 0 fully saturated rings. The minimum atomic E-state index is -0.962. The lowest BCUT2D eigenvalue weighted by atomic mass is 10.0. The molecule has 42 heavy (non-hydrogen) atoms. The van der Waals surface area contributed by atoms with Gasteiger partial charge in [-0.25, -0.2) is 8.78 Å². The van der Waals surface area contributed by atoms with Gasteiger partial charge in [-0.05, 0) is 66.6 Å². The fraction of sp³-hybridized carbons (Fsp3) is 0.250. The minimum absolute atomic E-state index is 0.0481. The monoisotopic (exact) mass is 597 g/mol. The van der Waals surface area contributed by atoms with Crippen LogP contribution in [0.15, 0.2) is 60.8 Å². The largest absolute Gasteiger partial charge is 0.494 e. The van der Waals surface area contributed by atoms with Gasteiger partial charge in [0, 0.05) is 18.0 Å². The number of aromatic nitrogens is 1. The van der Waals surface area contributed by atoms with Crippen molar-refractivity contribution in [3.63, 3.8) is 0 Å². The van der Waals surface area contributed by atoms with Crippen LogP contribution in [-0.4, -0.2) is 39.9 Å². The van der Waals surface area contributed by atoms with Crippen LogP contribution in [0.1, 0.15) is 42.4 Å². The Labute approximate surface area is 246 Å². The van der Waals surface area contributed by atoms with Crippen molar-refractivity contribution < 1.29 is 38.1 Å². The predicted molar refractivity (Wildman–Crippen MR) is 157 cm³/mol. The number of unbranched alkanes of at least 4 members (excludes halogenated alkanes) is 1. The molecule has 3 aromatic carbocycles. The van der Waals surface area contributed by atoms with E-state index in [1.165, 1.54) is 0 Å². The first-order valence-electron chi connectivity index (χ1n) is 13.4. The number of benzene rings is 3. The zero-order valence-electron chi connectivity index (χ0n) is 22.7. The first-order valence-corrected chi connectivity index (χ1v) is 13.8. The number of fused-ring (bicyclic) bond motifs is 1. The minimum Gasteiger partial charge on any atom is -0.494 e. The lowest BCUT2D eigenvalue weighted by Gasteiger charge is -2.10. The van der Waals surface area contributed by atoms with Gasteiger partial charge in [-0.2, -0.15) is 0 Å². The maximum Gasteiger partial charge on any atom is 0.323 e. The Morgan fingerprint density at radius 2 is 1.57 bits per heavy atom. The number of halogens is 3. The number of hydrogen-bond acceptors (Lipinski definition) is 4. The van der Waals surface area contributed by atoms with Crippen molar-refractivity contribution in [3.05, 3.63) is 94.1 Å². The van der Waals surface area contributed by atoms with E-state index in [-0.39, 0.29) is 30.3 Å². The van der Waals surface area contributed by atoms with Crippen LogP contribution in [0.25, 0.3) is 23.1 Å². The zero-order valence-corrected chi connectivity index (χ0v) is 23.4. The molecule has 0 aliphatic carbocycles. The molecule has 1 aromatic heterocycles. The van der Waals surface area contributed by atoms with Crippen molar-refractivity contribution in [2.45, 2.75) is 38.6 Å². The van der Waals surface area contributed by atoms with Crippen molar-refractivity contribution in [2.24, 2.45) is 0 Å². The van der Waals surface area contributed by atoms with Crippen LogP contribution in [0.5, 0.6) is 11.5 Å². The van der Waals surface area contributed by atoms with Crippen LogP contribution in [0.4, 0.5) is 8.78 Å². The molecular formula is C32H30ClF2NO6. The Morgan fingerprint density at radius 1 is 0.857 bits per heavy atom. The molecule has 2 N–H and O–H groups in total. The van der Waals surface area contributed by atoms with E-state index in [0.29, 0.717) is 38.0 Å². The van der Waals surface area contributed by atoms with Gasteiger partial charge in [0.2, 0.25) is 0 Å². The fourth-order valence-electron chi connectivity index (χ4n) is 4.57. The number of para-hydroxylation sites is 1. The van der Waals surface area contributed by atoms with Crippen LogP contribution in [0, 0.1) is 11.6 Å². The quantitative estimate of drug-likeness (QED) is 0.0838. The summed E-state index contributed by atoms with van der Waals surface area (Å²) < 4.78 is 40.0. The fourth-order valence-corrected chi connectivity index (χ4v) is 4.78. The molecule has 0 unspecified atom stereocenters. The first kappa shape index (κ1) is 30.6. The van der Waals surface area contributed by atoms with E-state index in [1.54, 1.807) is 10.8 Å². The number of aliphatic carboxylic acids is 2. The molecule has 0 aliphatic rings. The molecule has 0 spiro atoms. The zero-order chi connectivity index (χ0) is 30.1. The highest BCUT2D eigenvalue weighted by atomic mass is 35.5. The summed E-state index contributed by atoms with van der Waals surface area (Å²) >= 11 is 5.76. The van der Waals surface area contributed by atoms with Crippen molar-refractivity contribution >= 4 is 46.6 Å². The molecule has 1 heterocycles. The third kappa shape index (κ3) is 8.10. The maximum absolute atomic E-state index is 13.8. The summed E-state index contributed by atoms with van der Waals surface area (Å²) in [6.45, 7) is 0.378. The average molecular weight is 598 g/mol. The molecular weight excluding hydrogens is 568 g/mol. The van der Waals surface area contributed by atoms with E-state index in [4.69, 9.17) is 26.2 Å². The molecule has 0 amide bonds. The van der Waals surface area contributed by atoms with Gasteiger partial charge in [-0.1, -0.05) is 54.1 Å². The number of hydrogen-bond donors (Lipinski definition) is 2. The third-order valence-corrected chi connectivity index (χ3v) is 6.90. The number of carboxylic acid groups (broad SMARTS) is 2. The van der Waals surface area contributed by atoms with Gasteiger partial charge in [-0.3, -0.25) is 9.59 Å². The summed E-state index contributed by atoms with van der Waals surface area (Å²) in [6.07, 6.45) is 7.89. The molecule has 0 radical (unpaired) electrons. The molecule has 0 bridgehead atoms. The van der Waals surface area contributed by atoms with E-state index < -0.39 is 23.6 Å². The highest BCUT2D eigenvalue weighted by Gasteiger charge is 2.14. The summed E-state index contributed by atoms with van der Waals surface area (Å²) in [6, 6.07) is 15.1. The number of carbonyl (C=O) groups is 2. The second-order valence-corrected chi connectivity index (χ2v) is 10.0. The standard InChI is InChI=1S/C32H30ClF2NO6/c33-30-26(34)15-16-27(35)32(30)42-18-2-1-17-41-24-13-10-21(11-14-24)9-12-22-5-3-7-25-23(6-4-8-28(37)38)19-36(31(22)25)20-29(39)40/h3,5,7,9-16,19H,1-2,4,6,8,17-18,20H2,(H,37,38)(H,39,40)/b12-9+. The van der Waals surface area contributed by atoms with Gasteiger partial charge in [0.05, 0.1) is 18.7 Å². The van der Waals surface area contributed by atoms with Gasteiger partial charge in [0.25, 0.3) is 0 Å². The number of ether oxygens (including phenoxy) is 2. The molecule has 0 aliphatic heterocycles. The molecule has 7 nitrogen and oxygen atoms in total. The van der Waals surface area contributed by atoms with Crippen LogP contribution in [-0.2, 0) is 22.6 Å². The number of carboxylic acids is 2. The highest BCUT2D eigenvalue weighted by molar-refractivity contribution is 6.32. The van der Waals surface area contributed by atoms with E-state index in [1.807, 2.05) is 54.6 Å². The van der Waals surface area contributed by atoms with Gasteiger partial charge < -0.3 is 24.3 Å². The lowest BCUT2D eigenvalue weighted by molar-refractivity contribution is -0.138. The number of nitrogens with zero attached hydrogens (tertiary/aromatic N) is 1. The van der Waals surface area contributed by atoms with Gasteiger partial charge in [-0.15, -0.1) is 0 Å². The van der Waals surface area contributed by atoms with Crippen molar-refractivity contribution in [3.8, 4) is 11.5 Å². The molecule has 0 saturated heterocycles. The van der Waals surface area contributed by atoms with Crippen LogP contribution in [0.3, 0.4) is 0 Å². The Bertz CT molecular complexity index is 1580. The summed E-state index contributed by atoms with van der Waals surface area (Å²) in [5, 5.41) is 18.9. The highest BCUT2D eigenvalue weighted by Crippen LogP contribution is 2.31. The molecule has 0 atom stereocenters. The van der Waals surface area contributed by atoms with Crippen LogP contribution < -0.4 is 9.47 Å². The smallest absolute Gasteiger partial charge is 0.323 e. The van der Waals surface area contributed by atoms with E-state index in [9.17, 15) is 23.5 Å². The van der Waals surface area contributed by atoms with Crippen molar-refractivity contribution in [2.75, 3.05) is 13.2 Å². The molecule has 220 valence electrons. The summed E-state index contributed by atoms with van der Waals surface area (Å²) in [5.41, 5.74) is 3.47. The van der Waals surface area contributed by atoms with Crippen molar-refractivity contribution in [1.29, 1.82) is 0 Å². The normalized spacial score (nSPS) is 11.3. The number of aryl methyl sites for hydroxylation is 1. The summed E-state index contributed by atoms with van der Waals surface area (Å²) in [4.78, 5) is 22.4. The maximum atomic E-state index is 13.8. The Morgan fingerprint density at radius 3 is 2.29 bits per heavy atom. The Balaban J connectivity index is 1.34. The third-order valence-electron chi connectivity index (χ3n) is 6.55.